The van der Waals surface area contributed by atoms with E-state index in [1.165, 1.54) is 16.0 Å². The minimum absolute atomic E-state index is 0.121. The first-order chi connectivity index (χ1) is 9.13. The number of nitrogens with two attached hydrogens (primary N) is 1. The number of benzene rings is 1. The summed E-state index contributed by atoms with van der Waals surface area (Å²) in [5.74, 6) is 5.69. The SMILES string of the molecule is CCc1ccc(C(Cc2nc(C)c(C)s2)NN)cc1. The molecule has 102 valence electrons. The molecule has 4 heteroatoms. The van der Waals surface area contributed by atoms with Crippen molar-refractivity contribution in [3.05, 3.63) is 51.0 Å². The molecule has 19 heavy (non-hydrogen) atoms. The van der Waals surface area contributed by atoms with Gasteiger partial charge in [0.15, 0.2) is 0 Å². The van der Waals surface area contributed by atoms with E-state index in [1.807, 2.05) is 0 Å². The molecule has 0 radical (unpaired) electrons. The van der Waals surface area contributed by atoms with Crippen molar-refractivity contribution in [3.63, 3.8) is 0 Å². The molecule has 0 spiro atoms. The minimum Gasteiger partial charge on any atom is -0.271 e. The molecule has 3 N–H and O–H groups in total. The second-order valence-corrected chi connectivity index (χ2v) is 6.06. The van der Waals surface area contributed by atoms with Crippen LogP contribution in [0.4, 0.5) is 0 Å². The van der Waals surface area contributed by atoms with Crippen LogP contribution in [-0.2, 0) is 12.8 Å². The summed E-state index contributed by atoms with van der Waals surface area (Å²) >= 11 is 1.75. The van der Waals surface area contributed by atoms with Crippen LogP contribution in [-0.4, -0.2) is 4.98 Å². The van der Waals surface area contributed by atoms with Crippen molar-refractivity contribution in [1.29, 1.82) is 0 Å². The lowest BCUT2D eigenvalue weighted by Gasteiger charge is -2.15. The van der Waals surface area contributed by atoms with Crippen LogP contribution in [0.2, 0.25) is 0 Å². The summed E-state index contributed by atoms with van der Waals surface area (Å²) in [7, 11) is 0. The first-order valence-electron chi connectivity index (χ1n) is 6.62. The average molecular weight is 275 g/mol. The van der Waals surface area contributed by atoms with E-state index in [2.05, 4.69) is 55.4 Å². The van der Waals surface area contributed by atoms with Crippen LogP contribution in [0.15, 0.2) is 24.3 Å². The van der Waals surface area contributed by atoms with Gasteiger partial charge in [-0.15, -0.1) is 11.3 Å². The Morgan fingerprint density at radius 1 is 1.26 bits per heavy atom. The molecular formula is C15H21N3S. The molecule has 2 rings (SSSR count). The number of nitrogens with one attached hydrogen (secondary N) is 1. The van der Waals surface area contributed by atoms with E-state index in [0.29, 0.717) is 0 Å². The molecule has 3 nitrogen and oxygen atoms in total. The van der Waals surface area contributed by atoms with Crippen molar-refractivity contribution in [2.24, 2.45) is 5.84 Å². The van der Waals surface area contributed by atoms with Crippen molar-refractivity contribution < 1.29 is 0 Å². The quantitative estimate of drug-likeness (QED) is 0.651. The Balaban J connectivity index is 2.14. The lowest BCUT2D eigenvalue weighted by molar-refractivity contribution is 0.550. The zero-order chi connectivity index (χ0) is 13.8. The Kier molecular flexibility index (Phi) is 4.69. The highest BCUT2D eigenvalue weighted by Gasteiger charge is 2.13. The van der Waals surface area contributed by atoms with Crippen LogP contribution >= 0.6 is 11.3 Å². The number of nitrogens with zero attached hydrogens (tertiary/aromatic N) is 1. The molecule has 0 aliphatic rings. The highest BCUT2D eigenvalue weighted by molar-refractivity contribution is 7.11. The van der Waals surface area contributed by atoms with E-state index < -0.39 is 0 Å². The lowest BCUT2D eigenvalue weighted by atomic mass is 10.0. The van der Waals surface area contributed by atoms with Gasteiger partial charge < -0.3 is 0 Å². The zero-order valence-corrected chi connectivity index (χ0v) is 12.6. The van der Waals surface area contributed by atoms with Crippen LogP contribution in [0.3, 0.4) is 0 Å². The van der Waals surface area contributed by atoms with E-state index in [-0.39, 0.29) is 6.04 Å². The molecular weight excluding hydrogens is 254 g/mol. The Morgan fingerprint density at radius 3 is 2.42 bits per heavy atom. The van der Waals surface area contributed by atoms with E-state index >= 15 is 0 Å². The maximum atomic E-state index is 5.69. The normalized spacial score (nSPS) is 12.6. The predicted molar refractivity (Wildman–Crippen MR) is 81.2 cm³/mol. The molecule has 1 aromatic carbocycles. The van der Waals surface area contributed by atoms with Gasteiger partial charge >= 0.3 is 0 Å². The van der Waals surface area contributed by atoms with Crippen LogP contribution in [0, 0.1) is 13.8 Å². The molecule has 0 fully saturated rings. The second-order valence-electron chi connectivity index (χ2n) is 4.77. The summed E-state index contributed by atoms with van der Waals surface area (Å²) in [6.45, 7) is 6.32. The minimum atomic E-state index is 0.121. The van der Waals surface area contributed by atoms with Crippen LogP contribution in [0.25, 0.3) is 0 Å². The summed E-state index contributed by atoms with van der Waals surface area (Å²) in [5, 5.41) is 1.14. The third-order valence-electron chi connectivity index (χ3n) is 3.44. The molecule has 0 aliphatic heterocycles. The van der Waals surface area contributed by atoms with E-state index in [4.69, 9.17) is 5.84 Å². The number of thiazole rings is 1. The standard InChI is InChI=1S/C15H21N3S/c1-4-12-5-7-13(8-6-12)14(18-16)9-15-17-10(2)11(3)19-15/h5-8,14,18H,4,9,16H2,1-3H3. The van der Waals surface area contributed by atoms with Crippen molar-refractivity contribution in [2.75, 3.05) is 0 Å². The van der Waals surface area contributed by atoms with Gasteiger partial charge in [0.1, 0.15) is 0 Å². The molecule has 0 amide bonds. The molecule has 0 saturated heterocycles. The Hall–Kier alpha value is -1.23. The summed E-state index contributed by atoms with van der Waals surface area (Å²) in [4.78, 5) is 5.86. The van der Waals surface area contributed by atoms with Crippen molar-refractivity contribution in [3.8, 4) is 0 Å². The van der Waals surface area contributed by atoms with Gasteiger partial charge in [0.05, 0.1) is 16.7 Å². The number of hydrogen-bond donors (Lipinski definition) is 2. The van der Waals surface area contributed by atoms with Gasteiger partial charge in [0, 0.05) is 11.3 Å². The van der Waals surface area contributed by atoms with E-state index in [9.17, 15) is 0 Å². The first kappa shape index (κ1) is 14.2. The molecule has 2 aromatic rings. The molecule has 1 aromatic heterocycles. The second kappa shape index (κ2) is 6.28. The van der Waals surface area contributed by atoms with Gasteiger partial charge in [-0.25, -0.2) is 4.98 Å². The monoisotopic (exact) mass is 275 g/mol. The fourth-order valence-corrected chi connectivity index (χ4v) is 3.04. The third-order valence-corrected chi connectivity index (χ3v) is 4.54. The van der Waals surface area contributed by atoms with E-state index in [1.54, 1.807) is 11.3 Å². The van der Waals surface area contributed by atoms with Gasteiger partial charge in [-0.2, -0.15) is 0 Å². The Labute approximate surface area is 118 Å². The van der Waals surface area contributed by atoms with E-state index in [0.717, 1.165) is 23.5 Å². The van der Waals surface area contributed by atoms with Gasteiger partial charge in [-0.1, -0.05) is 31.2 Å². The van der Waals surface area contributed by atoms with Crippen molar-refractivity contribution in [1.82, 2.24) is 10.4 Å². The fourth-order valence-electron chi connectivity index (χ4n) is 2.06. The number of hydrazine groups is 1. The van der Waals surface area contributed by atoms with Gasteiger partial charge in [0.25, 0.3) is 0 Å². The van der Waals surface area contributed by atoms with Crippen molar-refractivity contribution >= 4 is 11.3 Å². The predicted octanol–water partition coefficient (Wildman–Crippen LogP) is 3.07. The highest BCUT2D eigenvalue weighted by atomic mass is 32.1. The topological polar surface area (TPSA) is 50.9 Å². The number of aromatic nitrogens is 1. The third kappa shape index (κ3) is 3.41. The maximum Gasteiger partial charge on any atom is 0.0950 e. The molecule has 1 atom stereocenters. The average Bonchev–Trinajstić information content (AvgIpc) is 2.75. The maximum absolute atomic E-state index is 5.69. The lowest BCUT2D eigenvalue weighted by Crippen LogP contribution is -2.29. The number of hydrogen-bond acceptors (Lipinski definition) is 4. The highest BCUT2D eigenvalue weighted by Crippen LogP contribution is 2.23. The molecule has 0 bridgehead atoms. The molecule has 1 heterocycles. The summed E-state index contributed by atoms with van der Waals surface area (Å²) in [6.07, 6.45) is 1.90. The summed E-state index contributed by atoms with van der Waals surface area (Å²) in [5.41, 5.74) is 6.58. The van der Waals surface area contributed by atoms with Crippen LogP contribution < -0.4 is 11.3 Å². The first-order valence-corrected chi connectivity index (χ1v) is 7.43. The van der Waals surface area contributed by atoms with Gasteiger partial charge in [0.2, 0.25) is 0 Å². The fraction of sp³-hybridized carbons (Fsp3) is 0.400. The van der Waals surface area contributed by atoms with Crippen molar-refractivity contribution in [2.45, 2.75) is 39.7 Å². The summed E-state index contributed by atoms with van der Waals surface area (Å²) in [6, 6.07) is 8.75. The largest absolute Gasteiger partial charge is 0.271 e. The molecule has 0 saturated carbocycles. The van der Waals surface area contributed by atoms with Gasteiger partial charge in [-0.3, -0.25) is 11.3 Å². The number of aryl methyl sites for hydroxylation is 3. The summed E-state index contributed by atoms with van der Waals surface area (Å²) < 4.78 is 0. The smallest absolute Gasteiger partial charge is 0.0950 e. The Bertz CT molecular complexity index is 511. The van der Waals surface area contributed by atoms with Crippen LogP contribution in [0.1, 0.15) is 39.7 Å². The zero-order valence-electron chi connectivity index (χ0n) is 11.7. The molecule has 0 aliphatic carbocycles. The molecule has 1 unspecified atom stereocenters. The van der Waals surface area contributed by atoms with Gasteiger partial charge in [-0.05, 0) is 31.4 Å². The Morgan fingerprint density at radius 2 is 1.95 bits per heavy atom. The number of rotatable bonds is 5. The van der Waals surface area contributed by atoms with Crippen LogP contribution in [0.5, 0.6) is 0 Å².